The number of hydrogen-bond acceptors (Lipinski definition) is 4. The third kappa shape index (κ3) is 1.57. The molecule has 4 nitrogen and oxygen atoms in total. The standard InChI is InChI=1S/C10H13N3O/c1-2-8(1)12-10-11-5-7-6-14-4-3-9(7)13-10/h5,8H,1-4,6H2,(H,11,12,13). The quantitative estimate of drug-likeness (QED) is 0.761. The molecule has 74 valence electrons. The van der Waals surface area contributed by atoms with Gasteiger partial charge in [-0.15, -0.1) is 0 Å². The Bertz CT molecular complexity index is 349. The van der Waals surface area contributed by atoms with Crippen LogP contribution in [0, 0.1) is 0 Å². The molecule has 4 heteroatoms. The van der Waals surface area contributed by atoms with Gasteiger partial charge in [-0.05, 0) is 12.8 Å². The summed E-state index contributed by atoms with van der Waals surface area (Å²) in [7, 11) is 0. The van der Waals surface area contributed by atoms with Crippen molar-refractivity contribution in [2.75, 3.05) is 11.9 Å². The maximum absolute atomic E-state index is 5.33. The summed E-state index contributed by atoms with van der Waals surface area (Å²) >= 11 is 0. The van der Waals surface area contributed by atoms with E-state index in [-0.39, 0.29) is 0 Å². The maximum atomic E-state index is 5.33. The van der Waals surface area contributed by atoms with Crippen LogP contribution in [0.2, 0.25) is 0 Å². The first-order valence-corrected chi connectivity index (χ1v) is 5.11. The average molecular weight is 191 g/mol. The van der Waals surface area contributed by atoms with Crippen molar-refractivity contribution in [1.82, 2.24) is 9.97 Å². The summed E-state index contributed by atoms with van der Waals surface area (Å²) in [6, 6.07) is 0.618. The number of nitrogens with one attached hydrogen (secondary N) is 1. The molecule has 0 unspecified atom stereocenters. The predicted octanol–water partition coefficient (Wildman–Crippen LogP) is 1.12. The summed E-state index contributed by atoms with van der Waals surface area (Å²) < 4.78 is 5.33. The van der Waals surface area contributed by atoms with Gasteiger partial charge in [-0.25, -0.2) is 9.97 Å². The normalized spacial score (nSPS) is 20.3. The van der Waals surface area contributed by atoms with Gasteiger partial charge in [0.25, 0.3) is 0 Å². The van der Waals surface area contributed by atoms with Gasteiger partial charge in [-0.3, -0.25) is 0 Å². The topological polar surface area (TPSA) is 47.0 Å². The third-order valence-corrected chi connectivity index (χ3v) is 2.61. The molecular formula is C10H13N3O. The van der Waals surface area contributed by atoms with E-state index in [1.165, 1.54) is 12.8 Å². The molecule has 0 bridgehead atoms. The van der Waals surface area contributed by atoms with Gasteiger partial charge in [-0.2, -0.15) is 0 Å². The zero-order chi connectivity index (χ0) is 9.38. The number of hydrogen-bond donors (Lipinski definition) is 1. The van der Waals surface area contributed by atoms with Crippen LogP contribution in [0.3, 0.4) is 0 Å². The molecule has 14 heavy (non-hydrogen) atoms. The average Bonchev–Trinajstić information content (AvgIpc) is 3.02. The van der Waals surface area contributed by atoms with Crippen molar-refractivity contribution in [1.29, 1.82) is 0 Å². The van der Waals surface area contributed by atoms with Crippen LogP contribution in [0.15, 0.2) is 6.20 Å². The molecule has 0 aromatic carbocycles. The van der Waals surface area contributed by atoms with E-state index in [1.54, 1.807) is 0 Å². The summed E-state index contributed by atoms with van der Waals surface area (Å²) in [4.78, 5) is 8.76. The van der Waals surface area contributed by atoms with Crippen molar-refractivity contribution in [3.8, 4) is 0 Å². The van der Waals surface area contributed by atoms with Crippen molar-refractivity contribution in [2.45, 2.75) is 31.9 Å². The second-order valence-electron chi connectivity index (χ2n) is 3.89. The Balaban J connectivity index is 1.84. The lowest BCUT2D eigenvalue weighted by molar-refractivity contribution is 0.109. The smallest absolute Gasteiger partial charge is 0.223 e. The molecule has 1 N–H and O–H groups in total. The number of nitrogens with zero attached hydrogens (tertiary/aromatic N) is 2. The summed E-state index contributed by atoms with van der Waals surface area (Å²) in [6.07, 6.45) is 5.30. The van der Waals surface area contributed by atoms with E-state index in [0.29, 0.717) is 12.6 Å². The first-order chi connectivity index (χ1) is 6.92. The molecule has 0 atom stereocenters. The minimum Gasteiger partial charge on any atom is -0.376 e. The number of anilines is 1. The minimum atomic E-state index is 0.618. The van der Waals surface area contributed by atoms with E-state index in [0.717, 1.165) is 30.2 Å². The lowest BCUT2D eigenvalue weighted by Crippen LogP contribution is -2.15. The zero-order valence-electron chi connectivity index (χ0n) is 7.99. The molecule has 1 saturated carbocycles. The summed E-state index contributed by atoms with van der Waals surface area (Å²) in [5.74, 6) is 0.785. The van der Waals surface area contributed by atoms with Crippen molar-refractivity contribution in [2.24, 2.45) is 0 Å². The highest BCUT2D eigenvalue weighted by Gasteiger charge is 2.22. The Morgan fingerprint density at radius 2 is 2.36 bits per heavy atom. The molecular weight excluding hydrogens is 178 g/mol. The van der Waals surface area contributed by atoms with Crippen LogP contribution in [0.25, 0.3) is 0 Å². The van der Waals surface area contributed by atoms with E-state index < -0.39 is 0 Å². The number of rotatable bonds is 2. The number of fused-ring (bicyclic) bond motifs is 1. The maximum Gasteiger partial charge on any atom is 0.223 e. The van der Waals surface area contributed by atoms with Crippen LogP contribution in [0.4, 0.5) is 5.95 Å². The van der Waals surface area contributed by atoms with E-state index in [4.69, 9.17) is 4.74 Å². The molecule has 1 aliphatic carbocycles. The van der Waals surface area contributed by atoms with Crippen LogP contribution in [-0.2, 0) is 17.8 Å². The van der Waals surface area contributed by atoms with Crippen LogP contribution in [0.5, 0.6) is 0 Å². The fourth-order valence-corrected chi connectivity index (χ4v) is 1.61. The van der Waals surface area contributed by atoms with Crippen molar-refractivity contribution in [3.05, 3.63) is 17.5 Å². The van der Waals surface area contributed by atoms with Gasteiger partial charge in [0, 0.05) is 24.2 Å². The van der Waals surface area contributed by atoms with Crippen molar-refractivity contribution < 1.29 is 4.74 Å². The Morgan fingerprint density at radius 1 is 1.43 bits per heavy atom. The first-order valence-electron chi connectivity index (χ1n) is 5.11. The fraction of sp³-hybridized carbons (Fsp3) is 0.600. The van der Waals surface area contributed by atoms with Gasteiger partial charge in [0.2, 0.25) is 5.95 Å². The van der Waals surface area contributed by atoms with Gasteiger partial charge in [0.05, 0.1) is 18.9 Å². The van der Waals surface area contributed by atoms with Gasteiger partial charge in [0.1, 0.15) is 0 Å². The molecule has 1 aromatic heterocycles. The Morgan fingerprint density at radius 3 is 3.21 bits per heavy atom. The second-order valence-corrected chi connectivity index (χ2v) is 3.89. The summed E-state index contributed by atoms with van der Waals surface area (Å²) in [5, 5.41) is 3.30. The Hall–Kier alpha value is -1.16. The minimum absolute atomic E-state index is 0.618. The van der Waals surface area contributed by atoms with Crippen LogP contribution < -0.4 is 5.32 Å². The lowest BCUT2D eigenvalue weighted by Gasteiger charge is -2.15. The lowest BCUT2D eigenvalue weighted by atomic mass is 10.1. The highest BCUT2D eigenvalue weighted by Crippen LogP contribution is 2.23. The third-order valence-electron chi connectivity index (χ3n) is 2.61. The Kier molecular flexibility index (Phi) is 1.87. The van der Waals surface area contributed by atoms with E-state index in [1.807, 2.05) is 6.20 Å². The number of ether oxygens (including phenoxy) is 1. The largest absolute Gasteiger partial charge is 0.376 e. The summed E-state index contributed by atoms with van der Waals surface area (Å²) in [5.41, 5.74) is 2.28. The van der Waals surface area contributed by atoms with E-state index in [2.05, 4.69) is 15.3 Å². The molecule has 0 radical (unpaired) electrons. The molecule has 1 aliphatic heterocycles. The van der Waals surface area contributed by atoms with Gasteiger partial charge in [-0.1, -0.05) is 0 Å². The molecule has 2 heterocycles. The molecule has 0 saturated heterocycles. The molecule has 0 spiro atoms. The van der Waals surface area contributed by atoms with E-state index >= 15 is 0 Å². The highest BCUT2D eigenvalue weighted by molar-refractivity contribution is 5.32. The first kappa shape index (κ1) is 8.17. The molecule has 3 rings (SSSR count). The zero-order valence-corrected chi connectivity index (χ0v) is 7.99. The number of aromatic nitrogens is 2. The van der Waals surface area contributed by atoms with Gasteiger partial charge < -0.3 is 10.1 Å². The second kappa shape index (κ2) is 3.20. The van der Waals surface area contributed by atoms with Crippen LogP contribution >= 0.6 is 0 Å². The SMILES string of the molecule is c1nc(NC2CC2)nc2c1COCC2. The van der Waals surface area contributed by atoms with Crippen LogP contribution in [-0.4, -0.2) is 22.6 Å². The fourth-order valence-electron chi connectivity index (χ4n) is 1.61. The highest BCUT2D eigenvalue weighted by atomic mass is 16.5. The molecule has 1 fully saturated rings. The monoisotopic (exact) mass is 191 g/mol. The summed E-state index contributed by atoms with van der Waals surface area (Å²) in [6.45, 7) is 1.45. The Labute approximate surface area is 82.7 Å². The van der Waals surface area contributed by atoms with Crippen molar-refractivity contribution in [3.63, 3.8) is 0 Å². The van der Waals surface area contributed by atoms with Crippen molar-refractivity contribution >= 4 is 5.95 Å². The van der Waals surface area contributed by atoms with E-state index in [9.17, 15) is 0 Å². The predicted molar refractivity (Wildman–Crippen MR) is 52.0 cm³/mol. The molecule has 1 aromatic rings. The van der Waals surface area contributed by atoms with Gasteiger partial charge in [0.15, 0.2) is 0 Å². The molecule has 0 amide bonds. The molecule has 2 aliphatic rings. The van der Waals surface area contributed by atoms with Crippen LogP contribution in [0.1, 0.15) is 24.1 Å². The van der Waals surface area contributed by atoms with Gasteiger partial charge >= 0.3 is 0 Å².